The Hall–Kier alpha value is -0.0900. The molecule has 3 nitrogen and oxygen atoms in total. The lowest BCUT2D eigenvalue weighted by molar-refractivity contribution is -0.120. The first kappa shape index (κ1) is 14.9. The lowest BCUT2D eigenvalue weighted by Crippen LogP contribution is -2.41. The molecule has 0 fully saturated rings. The van der Waals surface area contributed by atoms with Crippen LogP contribution < -0.4 is 5.32 Å². The van der Waals surface area contributed by atoms with E-state index >= 15 is 0 Å². The zero-order valence-electron chi connectivity index (χ0n) is 10.2. The van der Waals surface area contributed by atoms with Gasteiger partial charge in [0.1, 0.15) is 0 Å². The van der Waals surface area contributed by atoms with E-state index in [-0.39, 0.29) is 5.91 Å². The Balaban J connectivity index is 3.72. The zero-order valence-corrected chi connectivity index (χ0v) is 11.8. The normalized spacial score (nSPS) is 13.3. The van der Waals surface area contributed by atoms with Gasteiger partial charge in [-0.05, 0) is 19.9 Å². The Kier molecular flexibility index (Phi) is 8.06. The smallest absolute Gasteiger partial charge is 0.220 e. The summed E-state index contributed by atoms with van der Waals surface area (Å²) in [4.78, 5) is 13.5. The number of nitrogens with zero attached hydrogens (tertiary/aromatic N) is 1. The van der Waals surface area contributed by atoms with Gasteiger partial charge in [0.05, 0.1) is 0 Å². The predicted molar refractivity (Wildman–Crippen MR) is 68.4 cm³/mol. The van der Waals surface area contributed by atoms with E-state index in [9.17, 15) is 4.79 Å². The van der Waals surface area contributed by atoms with Gasteiger partial charge in [-0.15, -0.1) is 0 Å². The Morgan fingerprint density at radius 3 is 2.47 bits per heavy atom. The fourth-order valence-corrected chi connectivity index (χ4v) is 1.71. The summed E-state index contributed by atoms with van der Waals surface area (Å²) in [6.07, 6.45) is 0.556. The van der Waals surface area contributed by atoms with Crippen molar-refractivity contribution in [2.24, 2.45) is 5.92 Å². The van der Waals surface area contributed by atoms with E-state index in [1.807, 2.05) is 0 Å². The van der Waals surface area contributed by atoms with E-state index in [1.54, 1.807) is 0 Å². The van der Waals surface area contributed by atoms with Crippen molar-refractivity contribution in [1.82, 2.24) is 10.2 Å². The van der Waals surface area contributed by atoms with Crippen LogP contribution in [-0.2, 0) is 4.79 Å². The Morgan fingerprint density at radius 1 is 1.40 bits per heavy atom. The van der Waals surface area contributed by atoms with Crippen LogP contribution in [0.25, 0.3) is 0 Å². The van der Waals surface area contributed by atoms with E-state index in [0.717, 1.165) is 18.4 Å². The van der Waals surface area contributed by atoms with E-state index in [0.29, 0.717) is 18.4 Å². The molecule has 0 aromatic carbocycles. The van der Waals surface area contributed by atoms with Gasteiger partial charge in [-0.1, -0.05) is 29.8 Å². The first-order valence-corrected chi connectivity index (χ1v) is 6.62. The van der Waals surface area contributed by atoms with Crippen LogP contribution in [0.15, 0.2) is 0 Å². The van der Waals surface area contributed by atoms with Crippen LogP contribution in [0.4, 0.5) is 0 Å². The predicted octanol–water partition coefficient (Wildman–Crippen LogP) is 1.86. The van der Waals surface area contributed by atoms with Gasteiger partial charge in [0.15, 0.2) is 0 Å². The summed E-state index contributed by atoms with van der Waals surface area (Å²) in [6.45, 7) is 8.33. The van der Waals surface area contributed by atoms with Crippen LogP contribution in [0.1, 0.15) is 27.2 Å². The van der Waals surface area contributed by atoms with Crippen molar-refractivity contribution >= 4 is 21.8 Å². The molecule has 0 aliphatic carbocycles. The summed E-state index contributed by atoms with van der Waals surface area (Å²) < 4.78 is 0. The molecule has 0 rings (SSSR count). The van der Waals surface area contributed by atoms with Crippen LogP contribution in [0.2, 0.25) is 0 Å². The molecule has 0 aromatic heterocycles. The number of nitrogens with one attached hydrogen (secondary N) is 1. The lowest BCUT2D eigenvalue weighted by atomic mass is 10.2. The Morgan fingerprint density at radius 2 is 2.00 bits per heavy atom. The highest BCUT2D eigenvalue weighted by molar-refractivity contribution is 9.09. The second-order valence-corrected chi connectivity index (χ2v) is 5.22. The molecule has 0 saturated carbocycles. The van der Waals surface area contributed by atoms with E-state index in [2.05, 4.69) is 54.0 Å². The quantitative estimate of drug-likeness (QED) is 0.721. The molecule has 1 unspecified atom stereocenters. The molecular weight excluding hydrogens is 256 g/mol. The second kappa shape index (κ2) is 8.11. The maximum atomic E-state index is 11.2. The number of hydrogen-bond acceptors (Lipinski definition) is 2. The number of carbonyl (C=O) groups is 1. The third-order valence-electron chi connectivity index (χ3n) is 2.32. The molecule has 0 radical (unpaired) electrons. The maximum absolute atomic E-state index is 11.2. The third kappa shape index (κ3) is 7.79. The summed E-state index contributed by atoms with van der Waals surface area (Å²) in [7, 11) is 2.10. The van der Waals surface area contributed by atoms with Crippen molar-refractivity contribution < 1.29 is 4.79 Å². The topological polar surface area (TPSA) is 32.3 Å². The minimum absolute atomic E-state index is 0.122. The highest BCUT2D eigenvalue weighted by atomic mass is 79.9. The number of carbonyl (C=O) groups excluding carboxylic acids is 1. The molecule has 1 amide bonds. The Bertz CT molecular complexity index is 185. The largest absolute Gasteiger partial charge is 0.355 e. The van der Waals surface area contributed by atoms with Crippen molar-refractivity contribution in [3.63, 3.8) is 0 Å². The zero-order chi connectivity index (χ0) is 11.8. The number of rotatable bonds is 7. The maximum Gasteiger partial charge on any atom is 0.220 e. The molecule has 0 spiro atoms. The van der Waals surface area contributed by atoms with Crippen molar-refractivity contribution in [1.29, 1.82) is 0 Å². The fourth-order valence-electron chi connectivity index (χ4n) is 1.35. The molecule has 0 aromatic rings. The van der Waals surface area contributed by atoms with Crippen molar-refractivity contribution in [3.05, 3.63) is 0 Å². The number of hydrogen-bond donors (Lipinski definition) is 1. The minimum atomic E-state index is 0.122. The Labute approximate surface area is 102 Å². The van der Waals surface area contributed by atoms with E-state index in [1.165, 1.54) is 0 Å². The highest BCUT2D eigenvalue weighted by Gasteiger charge is 2.11. The minimum Gasteiger partial charge on any atom is -0.355 e. The van der Waals surface area contributed by atoms with Gasteiger partial charge in [0.2, 0.25) is 5.91 Å². The first-order chi connectivity index (χ1) is 6.97. The van der Waals surface area contributed by atoms with Crippen LogP contribution in [0.3, 0.4) is 0 Å². The third-order valence-corrected chi connectivity index (χ3v) is 2.72. The molecule has 90 valence electrons. The summed E-state index contributed by atoms with van der Waals surface area (Å²) >= 11 is 3.25. The summed E-state index contributed by atoms with van der Waals surface area (Å²) in [5, 5.41) is 3.66. The molecule has 0 aliphatic rings. The second-order valence-electron chi connectivity index (χ2n) is 4.43. The molecule has 1 N–H and O–H groups in total. The molecule has 0 aliphatic heterocycles. The molecule has 0 heterocycles. The molecular formula is C11H23BrN2O. The standard InChI is InChI=1S/C11H23BrN2O/c1-9(2)8-14(4)10(3)7-13-11(15)5-6-12/h9-10H,5-8H2,1-4H3,(H,13,15). The molecule has 1 atom stereocenters. The van der Waals surface area contributed by atoms with Gasteiger partial charge < -0.3 is 10.2 Å². The summed E-state index contributed by atoms with van der Waals surface area (Å²) in [5.41, 5.74) is 0. The average molecular weight is 279 g/mol. The van der Waals surface area contributed by atoms with Crippen LogP contribution >= 0.6 is 15.9 Å². The summed E-state index contributed by atoms with van der Waals surface area (Å²) in [6, 6.07) is 0.395. The van der Waals surface area contributed by atoms with Crippen molar-refractivity contribution in [2.45, 2.75) is 33.2 Å². The van der Waals surface area contributed by atoms with Gasteiger partial charge >= 0.3 is 0 Å². The average Bonchev–Trinajstić information content (AvgIpc) is 2.13. The van der Waals surface area contributed by atoms with Crippen LogP contribution in [-0.4, -0.2) is 42.3 Å². The van der Waals surface area contributed by atoms with E-state index in [4.69, 9.17) is 0 Å². The van der Waals surface area contributed by atoms with Crippen molar-refractivity contribution in [3.8, 4) is 0 Å². The fraction of sp³-hybridized carbons (Fsp3) is 0.909. The number of halogens is 1. The van der Waals surface area contributed by atoms with Crippen LogP contribution in [0, 0.1) is 5.92 Å². The van der Waals surface area contributed by atoms with Gasteiger partial charge in [-0.25, -0.2) is 0 Å². The van der Waals surface area contributed by atoms with Gasteiger partial charge in [0, 0.05) is 30.9 Å². The van der Waals surface area contributed by atoms with Crippen molar-refractivity contribution in [2.75, 3.05) is 25.5 Å². The number of alkyl halides is 1. The SMILES string of the molecule is CC(C)CN(C)C(C)CNC(=O)CCBr. The first-order valence-electron chi connectivity index (χ1n) is 5.50. The van der Waals surface area contributed by atoms with Gasteiger partial charge in [-0.2, -0.15) is 0 Å². The molecule has 15 heavy (non-hydrogen) atoms. The van der Waals surface area contributed by atoms with Gasteiger partial charge in [-0.3, -0.25) is 4.79 Å². The van der Waals surface area contributed by atoms with Crippen LogP contribution in [0.5, 0.6) is 0 Å². The molecule has 0 saturated heterocycles. The highest BCUT2D eigenvalue weighted by Crippen LogP contribution is 2.00. The monoisotopic (exact) mass is 278 g/mol. The lowest BCUT2D eigenvalue weighted by Gasteiger charge is -2.26. The number of amides is 1. The molecule has 4 heteroatoms. The van der Waals surface area contributed by atoms with E-state index < -0.39 is 0 Å². The number of likely N-dealkylation sites (N-methyl/N-ethyl adjacent to an activating group) is 1. The molecule has 0 bridgehead atoms. The summed E-state index contributed by atoms with van der Waals surface area (Å²) in [5.74, 6) is 0.785. The van der Waals surface area contributed by atoms with Gasteiger partial charge in [0.25, 0.3) is 0 Å².